The third kappa shape index (κ3) is 4.36. The van der Waals surface area contributed by atoms with Crippen LogP contribution in [0.2, 0.25) is 0 Å². The molecule has 0 spiro atoms. The number of hydrogen-bond acceptors (Lipinski definition) is 6. The Labute approximate surface area is 179 Å². The molecule has 0 fully saturated rings. The lowest BCUT2D eigenvalue weighted by Crippen LogP contribution is -2.28. The number of halogens is 1. The number of hydrogen-bond donors (Lipinski definition) is 1. The van der Waals surface area contributed by atoms with Crippen molar-refractivity contribution in [3.8, 4) is 11.8 Å². The Morgan fingerprint density at radius 2 is 1.93 bits per heavy atom. The predicted molar refractivity (Wildman–Crippen MR) is 116 cm³/mol. The van der Waals surface area contributed by atoms with Crippen LogP contribution in [0.4, 0.5) is 5.69 Å². The number of carbonyl (C=O) groups is 1. The number of ether oxygens (including phenoxy) is 1. The van der Waals surface area contributed by atoms with Crippen molar-refractivity contribution in [2.24, 2.45) is 0 Å². The summed E-state index contributed by atoms with van der Waals surface area (Å²) in [5, 5.41) is 3.26. The highest BCUT2D eigenvalue weighted by Gasteiger charge is 2.11. The molecule has 4 aromatic rings. The van der Waals surface area contributed by atoms with Crippen molar-refractivity contribution in [1.82, 2.24) is 19.5 Å². The second-order valence-electron chi connectivity index (χ2n) is 6.50. The molecule has 0 bridgehead atoms. The zero-order chi connectivity index (χ0) is 21.1. The third-order valence-corrected chi connectivity index (χ3v) is 4.82. The van der Waals surface area contributed by atoms with Gasteiger partial charge in [0.2, 0.25) is 5.91 Å². The fourth-order valence-corrected chi connectivity index (χ4v) is 3.23. The first-order valence-corrected chi connectivity index (χ1v) is 9.79. The molecule has 8 nitrogen and oxygen atoms in total. The number of amides is 1. The molecular weight excluding hydrogens is 450 g/mol. The molecule has 0 aliphatic heterocycles. The van der Waals surface area contributed by atoms with E-state index in [9.17, 15) is 9.59 Å². The summed E-state index contributed by atoms with van der Waals surface area (Å²) in [6.45, 7) is 1.69. The van der Waals surface area contributed by atoms with Gasteiger partial charge in [-0.15, -0.1) is 0 Å². The van der Waals surface area contributed by atoms with Crippen LogP contribution in [0.25, 0.3) is 10.9 Å². The summed E-state index contributed by atoms with van der Waals surface area (Å²) in [6, 6.07) is 12.4. The lowest BCUT2D eigenvalue weighted by molar-refractivity contribution is -0.116. The zero-order valence-electron chi connectivity index (χ0n) is 15.9. The standard InChI is InChI=1S/C21H16BrN5O3/c1-13-9-15(30-21-23-7-2-8-24-21)4-6-17(13)26-19(28)11-27-12-25-18-5-3-14(22)10-16(18)20(27)29/h2-10,12H,11H2,1H3,(H,26,28). The van der Waals surface area contributed by atoms with Gasteiger partial charge in [-0.25, -0.2) is 15.0 Å². The Balaban J connectivity index is 1.48. The predicted octanol–water partition coefficient (Wildman–Crippen LogP) is 3.69. The number of aromatic nitrogens is 4. The van der Waals surface area contributed by atoms with Crippen LogP contribution in [0.5, 0.6) is 11.8 Å². The van der Waals surface area contributed by atoms with Gasteiger partial charge in [-0.2, -0.15) is 0 Å². The molecule has 1 N–H and O–H groups in total. The fourth-order valence-electron chi connectivity index (χ4n) is 2.87. The molecule has 1 amide bonds. The lowest BCUT2D eigenvalue weighted by Gasteiger charge is -2.11. The largest absolute Gasteiger partial charge is 0.424 e. The summed E-state index contributed by atoms with van der Waals surface area (Å²) in [5.74, 6) is 0.216. The summed E-state index contributed by atoms with van der Waals surface area (Å²) >= 11 is 3.35. The van der Waals surface area contributed by atoms with Crippen molar-refractivity contribution in [3.05, 3.63) is 81.6 Å². The van der Waals surface area contributed by atoms with Crippen LogP contribution >= 0.6 is 15.9 Å². The van der Waals surface area contributed by atoms with Gasteiger partial charge in [-0.1, -0.05) is 15.9 Å². The Hall–Kier alpha value is -3.59. The maximum Gasteiger partial charge on any atom is 0.321 e. The summed E-state index contributed by atoms with van der Waals surface area (Å²) in [6.07, 6.45) is 4.56. The number of fused-ring (bicyclic) bond motifs is 1. The monoisotopic (exact) mass is 465 g/mol. The number of aryl methyl sites for hydroxylation is 1. The number of nitrogens with one attached hydrogen (secondary N) is 1. The molecule has 0 saturated heterocycles. The SMILES string of the molecule is Cc1cc(Oc2ncccn2)ccc1NC(=O)Cn1cnc2ccc(Br)cc2c1=O. The Kier molecular flexibility index (Phi) is 5.53. The molecule has 0 atom stereocenters. The Bertz CT molecular complexity index is 1290. The summed E-state index contributed by atoms with van der Waals surface area (Å²) < 4.78 is 7.64. The maximum absolute atomic E-state index is 12.6. The minimum absolute atomic E-state index is 0.149. The van der Waals surface area contributed by atoms with E-state index in [-0.39, 0.29) is 24.0 Å². The highest BCUT2D eigenvalue weighted by molar-refractivity contribution is 9.10. The van der Waals surface area contributed by atoms with E-state index in [0.717, 1.165) is 10.0 Å². The summed E-state index contributed by atoms with van der Waals surface area (Å²) in [4.78, 5) is 37.4. The fraction of sp³-hybridized carbons (Fsp3) is 0.0952. The lowest BCUT2D eigenvalue weighted by atomic mass is 10.2. The molecule has 0 aliphatic carbocycles. The Morgan fingerprint density at radius 3 is 2.70 bits per heavy atom. The van der Waals surface area contributed by atoms with Crippen LogP contribution in [0.1, 0.15) is 5.56 Å². The van der Waals surface area contributed by atoms with Crippen LogP contribution in [0, 0.1) is 6.92 Å². The molecule has 4 rings (SSSR count). The second-order valence-corrected chi connectivity index (χ2v) is 7.41. The van der Waals surface area contributed by atoms with Crippen molar-refractivity contribution in [2.75, 3.05) is 5.32 Å². The van der Waals surface area contributed by atoms with Crippen molar-refractivity contribution >= 4 is 38.4 Å². The minimum Gasteiger partial charge on any atom is -0.424 e. The molecule has 2 heterocycles. The van der Waals surface area contributed by atoms with E-state index in [1.54, 1.807) is 48.8 Å². The quantitative estimate of drug-likeness (QED) is 0.482. The molecule has 30 heavy (non-hydrogen) atoms. The van der Waals surface area contributed by atoms with Crippen molar-refractivity contribution < 1.29 is 9.53 Å². The average molecular weight is 466 g/mol. The third-order valence-electron chi connectivity index (χ3n) is 4.32. The van der Waals surface area contributed by atoms with E-state index in [0.29, 0.717) is 22.3 Å². The molecule has 0 unspecified atom stereocenters. The van der Waals surface area contributed by atoms with Crippen LogP contribution in [-0.2, 0) is 11.3 Å². The van der Waals surface area contributed by atoms with Gasteiger partial charge in [0.1, 0.15) is 12.3 Å². The molecule has 9 heteroatoms. The highest BCUT2D eigenvalue weighted by Crippen LogP contribution is 2.24. The van der Waals surface area contributed by atoms with Crippen molar-refractivity contribution in [2.45, 2.75) is 13.5 Å². The molecule has 0 saturated carbocycles. The number of benzene rings is 2. The van der Waals surface area contributed by atoms with E-state index in [1.165, 1.54) is 10.9 Å². The number of anilines is 1. The van der Waals surface area contributed by atoms with Crippen LogP contribution < -0.4 is 15.6 Å². The normalized spacial score (nSPS) is 10.7. The first kappa shape index (κ1) is 19.7. The van der Waals surface area contributed by atoms with Gasteiger partial charge in [-0.05, 0) is 55.0 Å². The average Bonchev–Trinajstić information content (AvgIpc) is 2.73. The Morgan fingerprint density at radius 1 is 1.13 bits per heavy atom. The summed E-state index contributed by atoms with van der Waals surface area (Å²) in [7, 11) is 0. The topological polar surface area (TPSA) is 99.0 Å². The van der Waals surface area contributed by atoms with E-state index in [4.69, 9.17) is 4.74 Å². The first-order valence-electron chi connectivity index (χ1n) is 9.00. The zero-order valence-corrected chi connectivity index (χ0v) is 17.5. The van der Waals surface area contributed by atoms with Crippen LogP contribution in [-0.4, -0.2) is 25.4 Å². The van der Waals surface area contributed by atoms with Gasteiger partial charge >= 0.3 is 6.01 Å². The van der Waals surface area contributed by atoms with Gasteiger partial charge in [0.05, 0.1) is 17.2 Å². The van der Waals surface area contributed by atoms with Gasteiger partial charge in [-0.3, -0.25) is 14.2 Å². The van der Waals surface area contributed by atoms with E-state index in [2.05, 4.69) is 36.2 Å². The van der Waals surface area contributed by atoms with Gasteiger partial charge in [0.25, 0.3) is 5.56 Å². The number of rotatable bonds is 5. The minimum atomic E-state index is -0.337. The van der Waals surface area contributed by atoms with E-state index < -0.39 is 0 Å². The second kappa shape index (κ2) is 8.42. The first-order chi connectivity index (χ1) is 14.5. The van der Waals surface area contributed by atoms with Gasteiger partial charge < -0.3 is 10.1 Å². The van der Waals surface area contributed by atoms with Gasteiger partial charge in [0, 0.05) is 22.6 Å². The van der Waals surface area contributed by atoms with Crippen LogP contribution in [0.15, 0.2) is 70.5 Å². The molecule has 2 aromatic carbocycles. The summed E-state index contributed by atoms with van der Waals surface area (Å²) in [5.41, 5.74) is 1.71. The van der Waals surface area contributed by atoms with E-state index >= 15 is 0 Å². The van der Waals surface area contributed by atoms with Crippen molar-refractivity contribution in [3.63, 3.8) is 0 Å². The molecular formula is C21H16BrN5O3. The number of carbonyl (C=O) groups excluding carboxylic acids is 1. The molecule has 2 aromatic heterocycles. The molecule has 0 aliphatic rings. The molecule has 0 radical (unpaired) electrons. The maximum atomic E-state index is 12.6. The number of nitrogens with zero attached hydrogens (tertiary/aromatic N) is 4. The smallest absolute Gasteiger partial charge is 0.321 e. The van der Waals surface area contributed by atoms with Crippen LogP contribution in [0.3, 0.4) is 0 Å². The van der Waals surface area contributed by atoms with E-state index in [1.807, 2.05) is 13.0 Å². The highest BCUT2D eigenvalue weighted by atomic mass is 79.9. The van der Waals surface area contributed by atoms with Crippen molar-refractivity contribution in [1.29, 1.82) is 0 Å². The van der Waals surface area contributed by atoms with Gasteiger partial charge in [0.15, 0.2) is 0 Å². The molecule has 150 valence electrons.